The van der Waals surface area contributed by atoms with Gasteiger partial charge < -0.3 is 30.2 Å². The van der Waals surface area contributed by atoms with Crippen molar-refractivity contribution in [3.63, 3.8) is 0 Å². The summed E-state index contributed by atoms with van der Waals surface area (Å²) in [4.78, 5) is 23.9. The minimum absolute atomic E-state index is 0.0127. The largest absolute Gasteiger partial charge is 0.492 e. The summed E-state index contributed by atoms with van der Waals surface area (Å²) in [7, 11) is -0.814. The van der Waals surface area contributed by atoms with Crippen LogP contribution < -0.4 is 11.1 Å². The van der Waals surface area contributed by atoms with E-state index < -0.39 is 30.4 Å². The monoisotopic (exact) mass is 486 g/mol. The predicted molar refractivity (Wildman–Crippen MR) is 132 cm³/mol. The molecule has 0 spiro atoms. The third kappa shape index (κ3) is 5.91. The normalized spacial score (nSPS) is 16.9. The summed E-state index contributed by atoms with van der Waals surface area (Å²) in [5.74, 6) is -1.20. The number of nitrogen functional groups attached to an aromatic ring is 1. The number of hydrogen-bond acceptors (Lipinski definition) is 6. The number of carbonyl (C=O) groups excluding carboxylic acids is 1. The number of benzene rings is 2. The highest BCUT2D eigenvalue weighted by Crippen LogP contribution is 2.39. The van der Waals surface area contributed by atoms with E-state index in [4.69, 9.17) is 31.4 Å². The first-order valence-electron chi connectivity index (χ1n) is 10.7. The quantitative estimate of drug-likeness (QED) is 0.387. The third-order valence-corrected chi connectivity index (χ3v) is 6.17. The second-order valence-corrected chi connectivity index (χ2v) is 9.42. The number of hydrogen-bond donors (Lipinski definition) is 3. The van der Waals surface area contributed by atoms with Crippen LogP contribution in [0.5, 0.6) is 0 Å². The molecule has 1 amide bonds. The third-order valence-electron chi connectivity index (χ3n) is 5.95. The molecule has 0 radical (unpaired) electrons. The molecule has 2 aromatic rings. The van der Waals surface area contributed by atoms with Crippen LogP contribution in [0.15, 0.2) is 47.9 Å². The summed E-state index contributed by atoms with van der Waals surface area (Å²) in [5.41, 5.74) is 6.49. The molecule has 1 aliphatic rings. The molecule has 3 rings (SSSR count). The fourth-order valence-electron chi connectivity index (χ4n) is 3.28. The highest BCUT2D eigenvalue weighted by Gasteiger charge is 2.52. The van der Waals surface area contributed by atoms with E-state index in [9.17, 15) is 14.7 Å². The Morgan fingerprint density at radius 2 is 1.76 bits per heavy atom. The average molecular weight is 487 g/mol. The first-order valence-corrected chi connectivity index (χ1v) is 11.1. The second kappa shape index (κ2) is 10.1. The number of anilines is 1. The van der Waals surface area contributed by atoms with Crippen LogP contribution >= 0.6 is 11.6 Å². The first-order chi connectivity index (χ1) is 15.9. The molecule has 0 atom stereocenters. The molecule has 1 fully saturated rings. The number of carboxylic acid groups (broad SMARTS) is 1. The van der Waals surface area contributed by atoms with E-state index in [1.807, 2.05) is 58.0 Å². The minimum atomic E-state index is -1.20. The molecule has 34 heavy (non-hydrogen) atoms. The van der Waals surface area contributed by atoms with Gasteiger partial charge in [-0.05, 0) is 56.4 Å². The zero-order valence-electron chi connectivity index (χ0n) is 19.6. The maximum Gasteiger partial charge on any atom is 0.492 e. The number of rotatable bonds is 7. The molecule has 180 valence electrons. The fourth-order valence-corrected chi connectivity index (χ4v) is 3.51. The van der Waals surface area contributed by atoms with Crippen molar-refractivity contribution in [1.29, 1.82) is 0 Å². The lowest BCUT2D eigenvalue weighted by Gasteiger charge is -2.32. The molecule has 1 saturated heterocycles. The van der Waals surface area contributed by atoms with Crippen LogP contribution in [0.1, 0.15) is 49.2 Å². The summed E-state index contributed by atoms with van der Waals surface area (Å²) >= 11 is 6.13. The van der Waals surface area contributed by atoms with Gasteiger partial charge in [-0.2, -0.15) is 0 Å². The van der Waals surface area contributed by atoms with Crippen molar-refractivity contribution in [3.8, 4) is 0 Å². The number of carbonyl (C=O) groups is 2. The van der Waals surface area contributed by atoms with Gasteiger partial charge in [0.15, 0.2) is 0 Å². The Morgan fingerprint density at radius 1 is 1.15 bits per heavy atom. The molecule has 4 N–H and O–H groups in total. The lowest BCUT2D eigenvalue weighted by molar-refractivity contribution is 0.00578. The highest BCUT2D eigenvalue weighted by atomic mass is 35.5. The molecule has 0 aromatic heterocycles. The smallest absolute Gasteiger partial charge is 0.478 e. The van der Waals surface area contributed by atoms with Gasteiger partial charge in [0.2, 0.25) is 0 Å². The Kier molecular flexibility index (Phi) is 7.60. The second-order valence-electron chi connectivity index (χ2n) is 8.98. The summed E-state index contributed by atoms with van der Waals surface area (Å²) in [6.07, 6.45) is 0.990. The van der Waals surface area contributed by atoms with Crippen LogP contribution in [0.2, 0.25) is 5.02 Å². The Labute approximate surface area is 204 Å². The zero-order valence-corrected chi connectivity index (χ0v) is 20.3. The van der Waals surface area contributed by atoms with Crippen molar-refractivity contribution in [1.82, 2.24) is 5.32 Å². The summed E-state index contributed by atoms with van der Waals surface area (Å²) in [6, 6.07) is 12.1. The molecular formula is C24H28BClN2O6. The van der Waals surface area contributed by atoms with E-state index in [0.29, 0.717) is 11.0 Å². The Bertz CT molecular complexity index is 1090. The summed E-state index contributed by atoms with van der Waals surface area (Å²) < 4.78 is 17.6. The number of ether oxygens (including phenoxy) is 1. The molecule has 2 aromatic carbocycles. The van der Waals surface area contributed by atoms with Gasteiger partial charge >= 0.3 is 19.2 Å². The van der Waals surface area contributed by atoms with Crippen LogP contribution in [0.4, 0.5) is 10.5 Å². The number of carboxylic acids is 1. The van der Waals surface area contributed by atoms with Crippen molar-refractivity contribution in [3.05, 3.63) is 69.7 Å². The molecule has 0 unspecified atom stereocenters. The molecule has 0 aliphatic carbocycles. The first kappa shape index (κ1) is 25.6. The van der Waals surface area contributed by atoms with Crippen LogP contribution in [0.3, 0.4) is 0 Å². The van der Waals surface area contributed by atoms with Crippen molar-refractivity contribution < 1.29 is 28.7 Å². The van der Waals surface area contributed by atoms with Crippen LogP contribution in [0, 0.1) is 0 Å². The summed E-state index contributed by atoms with van der Waals surface area (Å²) in [6.45, 7) is 7.75. The fraction of sp³-hybridized carbons (Fsp3) is 0.333. The van der Waals surface area contributed by atoms with Crippen LogP contribution in [-0.2, 0) is 20.7 Å². The van der Waals surface area contributed by atoms with Crippen molar-refractivity contribution in [2.45, 2.75) is 45.5 Å². The van der Waals surface area contributed by atoms with E-state index in [0.717, 1.165) is 5.56 Å². The molecule has 1 aliphatic heterocycles. The van der Waals surface area contributed by atoms with E-state index in [2.05, 4.69) is 5.32 Å². The molecule has 10 heteroatoms. The number of nitrogens with two attached hydrogens (primary N) is 1. The molecular weight excluding hydrogens is 459 g/mol. The number of nitrogens with one attached hydrogen (secondary N) is 1. The lowest BCUT2D eigenvalue weighted by atomic mass is 9.76. The standard InChI is InChI=1S/C24H28BClN2O6/c1-23(2)24(3,4)34-25(33-23)17(10-16-11-18(26)12-19(20(16)27)21(29)30)13-28-22(31)32-14-15-8-6-5-7-9-15/h5-12H,13-14,27H2,1-4H3,(H,28,31)(H,29,30). The minimum Gasteiger partial charge on any atom is -0.478 e. The highest BCUT2D eigenvalue weighted by molar-refractivity contribution is 6.56. The van der Waals surface area contributed by atoms with Gasteiger partial charge in [-0.15, -0.1) is 0 Å². The van der Waals surface area contributed by atoms with E-state index in [1.54, 1.807) is 12.1 Å². The number of aromatic carboxylic acids is 1. The number of alkyl carbamates (subject to hydrolysis) is 1. The van der Waals surface area contributed by atoms with Crippen molar-refractivity contribution in [2.75, 3.05) is 12.3 Å². The molecule has 0 bridgehead atoms. The van der Waals surface area contributed by atoms with Crippen LogP contribution in [0.25, 0.3) is 6.08 Å². The van der Waals surface area contributed by atoms with Gasteiger partial charge in [0, 0.05) is 11.6 Å². The van der Waals surface area contributed by atoms with Crippen LogP contribution in [-0.4, -0.2) is 42.0 Å². The average Bonchev–Trinajstić information content (AvgIpc) is 2.99. The Morgan fingerprint density at radius 3 is 2.35 bits per heavy atom. The van der Waals surface area contributed by atoms with Gasteiger partial charge in [-0.1, -0.05) is 48.0 Å². The van der Waals surface area contributed by atoms with Crippen molar-refractivity contribution >= 4 is 42.5 Å². The predicted octanol–water partition coefficient (Wildman–Crippen LogP) is 4.56. The number of halogens is 1. The lowest BCUT2D eigenvalue weighted by Crippen LogP contribution is -2.41. The topological polar surface area (TPSA) is 120 Å². The summed E-state index contributed by atoms with van der Waals surface area (Å²) in [5, 5.41) is 12.4. The van der Waals surface area contributed by atoms with Gasteiger partial charge in [0.05, 0.1) is 22.5 Å². The molecule has 1 heterocycles. The van der Waals surface area contributed by atoms with Gasteiger partial charge in [-0.25, -0.2) is 9.59 Å². The Hall–Kier alpha value is -3.01. The van der Waals surface area contributed by atoms with Crippen molar-refractivity contribution in [2.24, 2.45) is 0 Å². The van der Waals surface area contributed by atoms with Gasteiger partial charge in [-0.3, -0.25) is 0 Å². The maximum atomic E-state index is 12.3. The van der Waals surface area contributed by atoms with E-state index >= 15 is 0 Å². The SMILES string of the molecule is CC1(C)OB(C(=Cc2cc(Cl)cc(C(=O)O)c2N)CNC(=O)OCc2ccccc2)OC1(C)C. The van der Waals surface area contributed by atoms with E-state index in [1.165, 1.54) is 6.07 Å². The molecule has 8 nitrogen and oxygen atoms in total. The molecule has 0 saturated carbocycles. The Balaban J connectivity index is 1.85. The van der Waals surface area contributed by atoms with E-state index in [-0.39, 0.29) is 29.4 Å². The van der Waals surface area contributed by atoms with Gasteiger partial charge in [0.1, 0.15) is 6.61 Å². The number of amides is 1. The maximum absolute atomic E-state index is 12.3. The zero-order chi connectivity index (χ0) is 25.1. The van der Waals surface area contributed by atoms with Gasteiger partial charge in [0.25, 0.3) is 0 Å².